The number of likely N-dealkylation sites (tertiary alicyclic amines) is 2. The number of methoxy groups -OCH3 is 1. The number of nitrogens with zero attached hydrogens (tertiary/aromatic N) is 2. The first-order chi connectivity index (χ1) is 12.9. The fourth-order valence-corrected chi connectivity index (χ4v) is 3.98. The molecule has 7 heteroatoms. The largest absolute Gasteiger partial charge is 0.481 e. The second kappa shape index (κ2) is 7.68. The Hall–Kier alpha value is -2.41. The maximum absolute atomic E-state index is 13.1. The highest BCUT2D eigenvalue weighted by atomic mass is 16.5. The molecule has 2 heterocycles. The molecule has 2 amide bonds. The molecule has 2 saturated heterocycles. The molecule has 2 fully saturated rings. The zero-order valence-electron chi connectivity index (χ0n) is 15.8. The highest BCUT2D eigenvalue weighted by molar-refractivity contribution is 5.91. The molecule has 2 unspecified atom stereocenters. The van der Waals surface area contributed by atoms with Crippen LogP contribution in [0.2, 0.25) is 0 Å². The summed E-state index contributed by atoms with van der Waals surface area (Å²) in [7, 11) is 1.47. The number of carboxylic acids is 1. The van der Waals surface area contributed by atoms with Gasteiger partial charge in [-0.1, -0.05) is 29.8 Å². The van der Waals surface area contributed by atoms with Crippen LogP contribution in [0, 0.1) is 12.3 Å². The second-order valence-electron chi connectivity index (χ2n) is 7.59. The van der Waals surface area contributed by atoms with Crippen LogP contribution in [0.15, 0.2) is 24.3 Å². The number of aryl methyl sites for hydroxylation is 1. The van der Waals surface area contributed by atoms with Gasteiger partial charge in [0.2, 0.25) is 11.8 Å². The Balaban J connectivity index is 1.72. The van der Waals surface area contributed by atoms with E-state index in [1.807, 2.05) is 31.2 Å². The quantitative estimate of drug-likeness (QED) is 0.814. The third kappa shape index (κ3) is 3.83. The Labute approximate surface area is 158 Å². The summed E-state index contributed by atoms with van der Waals surface area (Å²) in [5.74, 6) is -1.14. The lowest BCUT2D eigenvalue weighted by molar-refractivity contribution is -0.152. The lowest BCUT2D eigenvalue weighted by Gasteiger charge is -2.29. The number of ether oxygens (including phenoxy) is 1. The van der Waals surface area contributed by atoms with Crippen molar-refractivity contribution >= 4 is 17.8 Å². The molecule has 27 heavy (non-hydrogen) atoms. The summed E-state index contributed by atoms with van der Waals surface area (Å²) in [6.45, 7) is 2.96. The molecule has 0 bridgehead atoms. The van der Waals surface area contributed by atoms with E-state index in [4.69, 9.17) is 4.74 Å². The highest BCUT2D eigenvalue weighted by Crippen LogP contribution is 2.33. The number of aliphatic carboxylic acids is 1. The van der Waals surface area contributed by atoms with Crippen molar-refractivity contribution in [1.82, 2.24) is 9.80 Å². The summed E-state index contributed by atoms with van der Waals surface area (Å²) in [6.07, 6.45) is 1.18. The van der Waals surface area contributed by atoms with Crippen molar-refractivity contribution in [2.45, 2.75) is 38.8 Å². The maximum Gasteiger partial charge on any atom is 0.313 e. The number of amides is 2. The summed E-state index contributed by atoms with van der Waals surface area (Å²) >= 11 is 0. The predicted molar refractivity (Wildman–Crippen MR) is 97.9 cm³/mol. The van der Waals surface area contributed by atoms with Gasteiger partial charge in [-0.25, -0.2) is 0 Å². The third-order valence-electron chi connectivity index (χ3n) is 5.63. The predicted octanol–water partition coefficient (Wildman–Crippen LogP) is 1.44. The van der Waals surface area contributed by atoms with Gasteiger partial charge < -0.3 is 19.6 Å². The van der Waals surface area contributed by atoms with Crippen molar-refractivity contribution in [2.24, 2.45) is 5.41 Å². The molecular formula is C20H26N2O5. The Kier molecular flexibility index (Phi) is 5.51. The van der Waals surface area contributed by atoms with E-state index in [0.29, 0.717) is 32.4 Å². The van der Waals surface area contributed by atoms with Gasteiger partial charge in [-0.3, -0.25) is 14.4 Å². The second-order valence-corrected chi connectivity index (χ2v) is 7.59. The van der Waals surface area contributed by atoms with Crippen molar-refractivity contribution in [2.75, 3.05) is 26.8 Å². The van der Waals surface area contributed by atoms with Crippen LogP contribution in [0.1, 0.15) is 30.4 Å². The molecule has 1 aromatic carbocycles. The number of carbonyl (C=O) groups excluding carboxylic acids is 2. The first kappa shape index (κ1) is 19.4. The van der Waals surface area contributed by atoms with Crippen LogP contribution < -0.4 is 0 Å². The molecule has 3 rings (SSSR count). The third-order valence-corrected chi connectivity index (χ3v) is 5.63. The van der Waals surface area contributed by atoms with Gasteiger partial charge >= 0.3 is 5.97 Å². The monoisotopic (exact) mass is 374 g/mol. The van der Waals surface area contributed by atoms with Crippen LogP contribution in [0.5, 0.6) is 0 Å². The first-order valence-electron chi connectivity index (χ1n) is 9.22. The van der Waals surface area contributed by atoms with E-state index in [-0.39, 0.29) is 25.0 Å². The average molecular weight is 374 g/mol. The summed E-state index contributed by atoms with van der Waals surface area (Å²) < 4.78 is 5.09. The van der Waals surface area contributed by atoms with E-state index in [1.165, 1.54) is 7.11 Å². The van der Waals surface area contributed by atoms with Crippen molar-refractivity contribution in [3.8, 4) is 0 Å². The molecule has 0 saturated carbocycles. The average Bonchev–Trinajstić information content (AvgIpc) is 3.22. The Morgan fingerprint density at radius 1 is 1.30 bits per heavy atom. The smallest absolute Gasteiger partial charge is 0.313 e. The lowest BCUT2D eigenvalue weighted by atomic mass is 9.88. The minimum absolute atomic E-state index is 0.0329. The van der Waals surface area contributed by atoms with Crippen molar-refractivity contribution < 1.29 is 24.2 Å². The zero-order chi connectivity index (χ0) is 19.6. The fourth-order valence-electron chi connectivity index (χ4n) is 3.98. The van der Waals surface area contributed by atoms with E-state index < -0.39 is 17.4 Å². The van der Waals surface area contributed by atoms with Gasteiger partial charge in [0.05, 0.1) is 6.61 Å². The van der Waals surface area contributed by atoms with Crippen LogP contribution >= 0.6 is 0 Å². The molecule has 0 radical (unpaired) electrons. The molecule has 0 spiro atoms. The molecule has 0 aliphatic carbocycles. The summed E-state index contributed by atoms with van der Waals surface area (Å²) in [6, 6.07) is 7.38. The SMILES string of the molecule is COCC1(C(=O)O)CCN(C(=O)C2CCC(=O)N2Cc2ccc(C)cc2)C1. The van der Waals surface area contributed by atoms with Gasteiger partial charge in [0.1, 0.15) is 11.5 Å². The van der Waals surface area contributed by atoms with E-state index in [2.05, 4.69) is 0 Å². The number of carboxylic acid groups (broad SMARTS) is 1. The number of benzene rings is 1. The van der Waals surface area contributed by atoms with Gasteiger partial charge in [0, 0.05) is 33.2 Å². The summed E-state index contributed by atoms with van der Waals surface area (Å²) in [4.78, 5) is 40.3. The van der Waals surface area contributed by atoms with Gasteiger partial charge in [0.25, 0.3) is 0 Å². The molecule has 0 aromatic heterocycles. The molecule has 146 valence electrons. The van der Waals surface area contributed by atoms with Gasteiger partial charge in [-0.05, 0) is 25.3 Å². The van der Waals surface area contributed by atoms with Crippen LogP contribution in [-0.2, 0) is 25.7 Å². The molecule has 2 aliphatic rings. The van der Waals surface area contributed by atoms with Crippen molar-refractivity contribution in [3.63, 3.8) is 0 Å². The van der Waals surface area contributed by atoms with Gasteiger partial charge in [-0.2, -0.15) is 0 Å². The van der Waals surface area contributed by atoms with Crippen molar-refractivity contribution in [1.29, 1.82) is 0 Å². The minimum atomic E-state index is -1.06. The molecule has 7 nitrogen and oxygen atoms in total. The molecular weight excluding hydrogens is 348 g/mol. The van der Waals surface area contributed by atoms with Crippen molar-refractivity contribution in [3.05, 3.63) is 35.4 Å². The number of hydrogen-bond acceptors (Lipinski definition) is 4. The maximum atomic E-state index is 13.1. The zero-order valence-corrected chi connectivity index (χ0v) is 15.8. The topological polar surface area (TPSA) is 87.1 Å². The van der Waals surface area contributed by atoms with Crippen LogP contribution in [0.4, 0.5) is 0 Å². The van der Waals surface area contributed by atoms with E-state index in [0.717, 1.165) is 11.1 Å². The number of hydrogen-bond donors (Lipinski definition) is 1. The summed E-state index contributed by atoms with van der Waals surface area (Å²) in [5.41, 5.74) is 1.06. The molecule has 2 aliphatic heterocycles. The van der Waals surface area contributed by atoms with E-state index in [9.17, 15) is 19.5 Å². The first-order valence-corrected chi connectivity index (χ1v) is 9.22. The van der Waals surface area contributed by atoms with Gasteiger partial charge in [0.15, 0.2) is 0 Å². The van der Waals surface area contributed by atoms with E-state index >= 15 is 0 Å². The number of carbonyl (C=O) groups is 3. The van der Waals surface area contributed by atoms with E-state index in [1.54, 1.807) is 9.80 Å². The molecule has 1 aromatic rings. The lowest BCUT2D eigenvalue weighted by Crippen LogP contribution is -2.47. The van der Waals surface area contributed by atoms with Crippen LogP contribution in [0.3, 0.4) is 0 Å². The van der Waals surface area contributed by atoms with Crippen LogP contribution in [0.25, 0.3) is 0 Å². The molecule has 1 N–H and O–H groups in total. The normalized spacial score (nSPS) is 25.3. The highest BCUT2D eigenvalue weighted by Gasteiger charge is 2.48. The van der Waals surface area contributed by atoms with Crippen LogP contribution in [-0.4, -0.2) is 65.5 Å². The number of rotatable bonds is 6. The van der Waals surface area contributed by atoms with Gasteiger partial charge in [-0.15, -0.1) is 0 Å². The Morgan fingerprint density at radius 3 is 2.63 bits per heavy atom. The minimum Gasteiger partial charge on any atom is -0.481 e. The Bertz CT molecular complexity index is 732. The fraction of sp³-hybridized carbons (Fsp3) is 0.550. The Morgan fingerprint density at radius 2 is 2.00 bits per heavy atom. The standard InChI is InChI=1S/C20H26N2O5/c1-14-3-5-15(6-4-14)11-22-16(7-8-17(22)23)18(24)21-10-9-20(12-21,13-27-2)19(25)26/h3-6,16H,7-13H2,1-2H3,(H,25,26). The summed E-state index contributed by atoms with van der Waals surface area (Å²) in [5, 5.41) is 9.59. The molecule has 2 atom stereocenters.